The molecule has 0 saturated heterocycles. The molecule has 0 saturated carbocycles. The van der Waals surface area contributed by atoms with E-state index in [1.807, 2.05) is 13.0 Å². The second-order valence-corrected chi connectivity index (χ2v) is 6.74. The number of aryl methyl sites for hydroxylation is 1. The third-order valence-corrected chi connectivity index (χ3v) is 4.55. The van der Waals surface area contributed by atoms with Gasteiger partial charge >= 0.3 is 0 Å². The summed E-state index contributed by atoms with van der Waals surface area (Å²) in [5.74, 6) is -0.392. The zero-order valence-corrected chi connectivity index (χ0v) is 14.0. The van der Waals surface area contributed by atoms with Crippen LogP contribution in [-0.2, 0) is 6.54 Å². The minimum Gasteiger partial charge on any atom is -0.389 e. The highest BCUT2D eigenvalue weighted by molar-refractivity contribution is 7.12. The van der Waals surface area contributed by atoms with Crippen LogP contribution in [0.3, 0.4) is 0 Å². The first-order chi connectivity index (χ1) is 11.5. The van der Waals surface area contributed by atoms with Crippen LogP contribution in [0.5, 0.6) is 0 Å². The van der Waals surface area contributed by atoms with Crippen LogP contribution in [-0.4, -0.2) is 19.6 Å². The normalized spacial score (nSPS) is 12.1. The van der Waals surface area contributed by atoms with E-state index >= 15 is 0 Å². The maximum absolute atomic E-state index is 13.5. The van der Waals surface area contributed by atoms with Gasteiger partial charge in [-0.25, -0.2) is 14.4 Å². The molecule has 0 aliphatic heterocycles. The van der Waals surface area contributed by atoms with E-state index in [0.29, 0.717) is 23.4 Å². The topological polar surface area (TPSA) is 74.7 Å². The van der Waals surface area contributed by atoms with Crippen LogP contribution in [0.1, 0.15) is 34.2 Å². The molecule has 0 aliphatic carbocycles. The van der Waals surface area contributed by atoms with Crippen molar-refractivity contribution in [3.05, 3.63) is 57.7 Å². The smallest absolute Gasteiger partial charge is 0.158 e. The van der Waals surface area contributed by atoms with Crippen molar-refractivity contribution in [1.29, 1.82) is 5.26 Å². The Morgan fingerprint density at radius 1 is 1.46 bits per heavy atom. The molecule has 1 N–H and O–H groups in total. The molecule has 0 aliphatic rings. The summed E-state index contributed by atoms with van der Waals surface area (Å²) in [5.41, 5.74) is 2.29. The standard InChI is InChI=1S/C17H15FN4OS/c1-10(23)15-5-12(18)3-4-14(15)17-16(24-11(2)21-17)8-22-7-13(6-19)20-9-22/h3-5,7,9-10,23H,8H2,1-2H3. The number of aliphatic hydroxyl groups is 1. The van der Waals surface area contributed by atoms with E-state index in [-0.39, 0.29) is 0 Å². The fraction of sp³-hybridized carbons (Fsp3) is 0.235. The van der Waals surface area contributed by atoms with Crippen molar-refractivity contribution < 1.29 is 9.50 Å². The number of thiazole rings is 1. The highest BCUT2D eigenvalue weighted by Crippen LogP contribution is 2.34. The average Bonchev–Trinajstić information content (AvgIpc) is 3.14. The third kappa shape index (κ3) is 3.20. The van der Waals surface area contributed by atoms with E-state index in [4.69, 9.17) is 5.26 Å². The van der Waals surface area contributed by atoms with Crippen molar-refractivity contribution in [2.24, 2.45) is 0 Å². The lowest BCUT2D eigenvalue weighted by Crippen LogP contribution is -2.00. The quantitative estimate of drug-likeness (QED) is 0.788. The minimum atomic E-state index is -0.802. The Kier molecular flexibility index (Phi) is 4.42. The van der Waals surface area contributed by atoms with Crippen molar-refractivity contribution in [3.8, 4) is 17.3 Å². The van der Waals surface area contributed by atoms with Gasteiger partial charge in [0.05, 0.1) is 34.6 Å². The number of hydrogen-bond donors (Lipinski definition) is 1. The van der Waals surface area contributed by atoms with Crippen LogP contribution in [0.2, 0.25) is 0 Å². The predicted octanol–water partition coefficient (Wildman–Crippen LogP) is 3.43. The molecule has 122 valence electrons. The van der Waals surface area contributed by atoms with Gasteiger partial charge in [0.15, 0.2) is 5.69 Å². The summed E-state index contributed by atoms with van der Waals surface area (Å²) < 4.78 is 15.4. The van der Waals surface area contributed by atoms with E-state index in [2.05, 4.69) is 9.97 Å². The second kappa shape index (κ2) is 6.51. The molecule has 0 fully saturated rings. The summed E-state index contributed by atoms with van der Waals surface area (Å²) in [6.07, 6.45) is 2.46. The Bertz CT molecular complexity index is 923. The Balaban J connectivity index is 2.05. The molecule has 1 aromatic carbocycles. The van der Waals surface area contributed by atoms with Crippen molar-refractivity contribution in [2.45, 2.75) is 26.5 Å². The maximum Gasteiger partial charge on any atom is 0.158 e. The lowest BCUT2D eigenvalue weighted by molar-refractivity contribution is 0.199. The highest BCUT2D eigenvalue weighted by Gasteiger charge is 2.18. The molecule has 3 aromatic rings. The minimum absolute atomic E-state index is 0.351. The van der Waals surface area contributed by atoms with Crippen molar-refractivity contribution in [3.63, 3.8) is 0 Å². The van der Waals surface area contributed by atoms with Crippen LogP contribution in [0.25, 0.3) is 11.3 Å². The van der Waals surface area contributed by atoms with Gasteiger partial charge in [-0.15, -0.1) is 11.3 Å². The van der Waals surface area contributed by atoms with Crippen LogP contribution >= 0.6 is 11.3 Å². The first-order valence-corrected chi connectivity index (χ1v) is 8.15. The molecule has 24 heavy (non-hydrogen) atoms. The number of hydrogen-bond acceptors (Lipinski definition) is 5. The maximum atomic E-state index is 13.5. The number of benzene rings is 1. The van der Waals surface area contributed by atoms with Crippen LogP contribution in [0.15, 0.2) is 30.7 Å². The van der Waals surface area contributed by atoms with Crippen molar-refractivity contribution in [2.75, 3.05) is 0 Å². The van der Waals surface area contributed by atoms with Gasteiger partial charge in [-0.2, -0.15) is 5.26 Å². The molecule has 7 heteroatoms. The summed E-state index contributed by atoms with van der Waals surface area (Å²) in [7, 11) is 0. The van der Waals surface area contributed by atoms with Gasteiger partial charge in [-0.1, -0.05) is 0 Å². The van der Waals surface area contributed by atoms with E-state index in [1.54, 1.807) is 30.1 Å². The number of imidazole rings is 1. The molecule has 0 spiro atoms. The Morgan fingerprint density at radius 3 is 2.92 bits per heavy atom. The number of nitriles is 1. The molecule has 2 aromatic heterocycles. The largest absolute Gasteiger partial charge is 0.389 e. The molecule has 0 radical (unpaired) electrons. The SMILES string of the molecule is Cc1nc(-c2ccc(F)cc2C(C)O)c(Cn2cnc(C#N)c2)s1. The third-order valence-electron chi connectivity index (χ3n) is 3.60. The summed E-state index contributed by atoms with van der Waals surface area (Å²) in [5, 5.41) is 19.7. The number of aliphatic hydroxyl groups excluding tert-OH is 1. The van der Waals surface area contributed by atoms with E-state index in [0.717, 1.165) is 15.6 Å². The molecule has 2 heterocycles. The summed E-state index contributed by atoms with van der Waals surface area (Å²) in [6, 6.07) is 6.34. The van der Waals surface area contributed by atoms with Gasteiger partial charge in [0.2, 0.25) is 0 Å². The summed E-state index contributed by atoms with van der Waals surface area (Å²) >= 11 is 1.53. The van der Waals surface area contributed by atoms with E-state index < -0.39 is 11.9 Å². The van der Waals surface area contributed by atoms with Crippen molar-refractivity contribution in [1.82, 2.24) is 14.5 Å². The Hall–Kier alpha value is -2.56. The fourth-order valence-corrected chi connectivity index (χ4v) is 3.51. The zero-order chi connectivity index (χ0) is 17.3. The lowest BCUT2D eigenvalue weighted by atomic mass is 9.99. The Morgan fingerprint density at radius 2 is 2.25 bits per heavy atom. The Labute approximate surface area is 142 Å². The highest BCUT2D eigenvalue weighted by atomic mass is 32.1. The summed E-state index contributed by atoms with van der Waals surface area (Å²) in [6.45, 7) is 4.01. The number of rotatable bonds is 4. The molecule has 0 bridgehead atoms. The molecule has 1 unspecified atom stereocenters. The first-order valence-electron chi connectivity index (χ1n) is 7.34. The second-order valence-electron chi connectivity index (χ2n) is 5.46. The van der Waals surface area contributed by atoms with Gasteiger partial charge < -0.3 is 9.67 Å². The predicted molar refractivity (Wildman–Crippen MR) is 88.9 cm³/mol. The molecule has 0 amide bonds. The monoisotopic (exact) mass is 342 g/mol. The lowest BCUT2D eigenvalue weighted by Gasteiger charge is -2.12. The zero-order valence-electron chi connectivity index (χ0n) is 13.2. The van der Waals surface area contributed by atoms with Gasteiger partial charge in [0.1, 0.15) is 11.9 Å². The van der Waals surface area contributed by atoms with Crippen LogP contribution in [0.4, 0.5) is 4.39 Å². The summed E-state index contributed by atoms with van der Waals surface area (Å²) in [4.78, 5) is 9.52. The van der Waals surface area contributed by atoms with E-state index in [1.165, 1.54) is 23.5 Å². The van der Waals surface area contributed by atoms with Gasteiger partial charge in [0, 0.05) is 11.8 Å². The molecular weight excluding hydrogens is 327 g/mol. The number of halogens is 1. The van der Waals surface area contributed by atoms with Gasteiger partial charge in [0.25, 0.3) is 0 Å². The van der Waals surface area contributed by atoms with Crippen molar-refractivity contribution >= 4 is 11.3 Å². The molecule has 1 atom stereocenters. The average molecular weight is 342 g/mol. The molecular formula is C17H15FN4OS. The fourth-order valence-electron chi connectivity index (χ4n) is 2.55. The van der Waals surface area contributed by atoms with Crippen LogP contribution in [0, 0.1) is 24.1 Å². The van der Waals surface area contributed by atoms with E-state index in [9.17, 15) is 9.50 Å². The first kappa shape index (κ1) is 16.3. The molecule has 5 nitrogen and oxygen atoms in total. The van der Waals surface area contributed by atoms with Crippen LogP contribution < -0.4 is 0 Å². The number of aromatic nitrogens is 3. The molecule has 3 rings (SSSR count). The van der Waals surface area contributed by atoms with Gasteiger partial charge in [-0.3, -0.25) is 0 Å². The van der Waals surface area contributed by atoms with Gasteiger partial charge in [-0.05, 0) is 37.6 Å². The number of nitrogens with zero attached hydrogens (tertiary/aromatic N) is 4.